The van der Waals surface area contributed by atoms with Crippen LogP contribution in [0.15, 0.2) is 12.1 Å². The Labute approximate surface area is 95.1 Å². The van der Waals surface area contributed by atoms with Gasteiger partial charge in [0.15, 0.2) is 0 Å². The highest BCUT2D eigenvalue weighted by molar-refractivity contribution is 14.1. The molecule has 66 valence electrons. The molecular formula is C8H7Cl2IO. The third-order valence-corrected chi connectivity index (χ3v) is 3.07. The molecule has 0 atom stereocenters. The van der Waals surface area contributed by atoms with Gasteiger partial charge in [0.05, 0.1) is 18.0 Å². The highest BCUT2D eigenvalue weighted by Gasteiger charge is 2.09. The molecule has 0 heterocycles. The SMILES string of the molecule is COc1c(Cl)ccc(I)c1CCl. The van der Waals surface area contributed by atoms with Gasteiger partial charge < -0.3 is 4.74 Å². The van der Waals surface area contributed by atoms with Crippen LogP contribution in [0.3, 0.4) is 0 Å². The van der Waals surface area contributed by atoms with Gasteiger partial charge in [0.25, 0.3) is 0 Å². The Balaban J connectivity index is 3.28. The van der Waals surface area contributed by atoms with Crippen LogP contribution in [0.2, 0.25) is 5.02 Å². The van der Waals surface area contributed by atoms with Crippen LogP contribution in [0.5, 0.6) is 5.75 Å². The average Bonchev–Trinajstić information content (AvgIpc) is 2.08. The topological polar surface area (TPSA) is 9.23 Å². The quantitative estimate of drug-likeness (QED) is 0.597. The maximum atomic E-state index is 5.89. The zero-order valence-electron chi connectivity index (χ0n) is 6.40. The molecule has 0 fully saturated rings. The molecule has 0 saturated carbocycles. The standard InChI is InChI=1S/C8H7Cl2IO/c1-12-8-5(4-9)7(11)3-2-6(8)10/h2-3H,4H2,1H3. The molecule has 0 aliphatic rings. The van der Waals surface area contributed by atoms with Gasteiger partial charge in [-0.25, -0.2) is 0 Å². The van der Waals surface area contributed by atoms with Crippen LogP contribution in [0.25, 0.3) is 0 Å². The van der Waals surface area contributed by atoms with Crippen molar-refractivity contribution in [3.63, 3.8) is 0 Å². The summed E-state index contributed by atoms with van der Waals surface area (Å²) < 4.78 is 6.20. The lowest BCUT2D eigenvalue weighted by Gasteiger charge is -2.09. The highest BCUT2D eigenvalue weighted by Crippen LogP contribution is 2.32. The second-order valence-electron chi connectivity index (χ2n) is 2.17. The van der Waals surface area contributed by atoms with Crippen molar-refractivity contribution < 1.29 is 4.74 Å². The third kappa shape index (κ3) is 1.98. The molecular weight excluding hydrogens is 310 g/mol. The second kappa shape index (κ2) is 4.53. The Kier molecular flexibility index (Phi) is 3.93. The van der Waals surface area contributed by atoms with Crippen molar-refractivity contribution in [3.05, 3.63) is 26.3 Å². The first-order valence-electron chi connectivity index (χ1n) is 3.27. The van der Waals surface area contributed by atoms with Gasteiger partial charge in [-0.15, -0.1) is 11.6 Å². The normalized spacial score (nSPS) is 10.0. The predicted octanol–water partition coefficient (Wildman–Crippen LogP) is 3.69. The molecule has 0 aliphatic heterocycles. The third-order valence-electron chi connectivity index (χ3n) is 1.49. The first kappa shape index (κ1) is 10.4. The van der Waals surface area contributed by atoms with E-state index in [1.54, 1.807) is 13.2 Å². The van der Waals surface area contributed by atoms with E-state index < -0.39 is 0 Å². The summed E-state index contributed by atoms with van der Waals surface area (Å²) in [7, 11) is 1.59. The minimum Gasteiger partial charge on any atom is -0.495 e. The Hall–Kier alpha value is 0.330. The summed E-state index contributed by atoms with van der Waals surface area (Å²) in [6.07, 6.45) is 0. The summed E-state index contributed by atoms with van der Waals surface area (Å²) in [6, 6.07) is 3.72. The van der Waals surface area contributed by atoms with Crippen LogP contribution < -0.4 is 4.74 Å². The number of rotatable bonds is 2. The van der Waals surface area contributed by atoms with Crippen LogP contribution in [0.1, 0.15) is 5.56 Å². The Bertz CT molecular complexity index is 260. The van der Waals surface area contributed by atoms with Gasteiger partial charge in [-0.3, -0.25) is 0 Å². The van der Waals surface area contributed by atoms with Crippen LogP contribution in [-0.2, 0) is 5.88 Å². The Morgan fingerprint density at radius 2 is 2.17 bits per heavy atom. The van der Waals surface area contributed by atoms with Crippen molar-refractivity contribution in [2.75, 3.05) is 7.11 Å². The van der Waals surface area contributed by atoms with Gasteiger partial charge >= 0.3 is 0 Å². The number of alkyl halides is 1. The fraction of sp³-hybridized carbons (Fsp3) is 0.250. The van der Waals surface area contributed by atoms with Gasteiger partial charge in [0.1, 0.15) is 5.75 Å². The summed E-state index contributed by atoms with van der Waals surface area (Å²) >= 11 is 13.8. The molecule has 0 N–H and O–H groups in total. The second-order valence-corrected chi connectivity index (χ2v) is 4.01. The lowest BCUT2D eigenvalue weighted by atomic mass is 10.2. The van der Waals surface area contributed by atoms with Gasteiger partial charge in [-0.2, -0.15) is 0 Å². The molecule has 0 radical (unpaired) electrons. The van der Waals surface area contributed by atoms with Crippen molar-refractivity contribution in [2.45, 2.75) is 5.88 Å². The van der Waals surface area contributed by atoms with Gasteiger partial charge in [0.2, 0.25) is 0 Å². The molecule has 0 aromatic heterocycles. The molecule has 0 spiro atoms. The summed E-state index contributed by atoms with van der Waals surface area (Å²) in [5, 5.41) is 0.605. The fourth-order valence-electron chi connectivity index (χ4n) is 0.920. The van der Waals surface area contributed by atoms with Gasteiger partial charge in [0, 0.05) is 9.13 Å². The average molecular weight is 317 g/mol. The largest absolute Gasteiger partial charge is 0.495 e. The van der Waals surface area contributed by atoms with Crippen LogP contribution in [0.4, 0.5) is 0 Å². The maximum absolute atomic E-state index is 5.89. The van der Waals surface area contributed by atoms with E-state index in [0.29, 0.717) is 16.7 Å². The minimum absolute atomic E-state index is 0.419. The monoisotopic (exact) mass is 316 g/mol. The van der Waals surface area contributed by atoms with Crippen LogP contribution in [0, 0.1) is 3.57 Å². The van der Waals surface area contributed by atoms with E-state index in [9.17, 15) is 0 Å². The smallest absolute Gasteiger partial charge is 0.142 e. The number of ether oxygens (including phenoxy) is 1. The number of hydrogen-bond acceptors (Lipinski definition) is 1. The Morgan fingerprint density at radius 1 is 1.50 bits per heavy atom. The summed E-state index contributed by atoms with van der Waals surface area (Å²) in [6.45, 7) is 0. The molecule has 12 heavy (non-hydrogen) atoms. The van der Waals surface area contributed by atoms with Crippen LogP contribution >= 0.6 is 45.8 Å². The number of halogens is 3. The van der Waals surface area contributed by atoms with Crippen molar-refractivity contribution in [1.82, 2.24) is 0 Å². The fourth-order valence-corrected chi connectivity index (χ4v) is 2.28. The molecule has 0 saturated heterocycles. The predicted molar refractivity (Wildman–Crippen MR) is 60.3 cm³/mol. The van der Waals surface area contributed by atoms with E-state index in [1.165, 1.54) is 0 Å². The Morgan fingerprint density at radius 3 is 2.58 bits per heavy atom. The van der Waals surface area contributed by atoms with E-state index in [4.69, 9.17) is 27.9 Å². The van der Waals surface area contributed by atoms with E-state index >= 15 is 0 Å². The number of benzene rings is 1. The number of hydrogen-bond donors (Lipinski definition) is 0. The molecule has 0 unspecified atom stereocenters. The lowest BCUT2D eigenvalue weighted by Crippen LogP contribution is -1.93. The molecule has 0 amide bonds. The van der Waals surface area contributed by atoms with Crippen molar-refractivity contribution in [3.8, 4) is 5.75 Å². The summed E-state index contributed by atoms with van der Waals surface area (Å²) in [4.78, 5) is 0. The molecule has 1 nitrogen and oxygen atoms in total. The van der Waals surface area contributed by atoms with E-state index in [0.717, 1.165) is 9.13 Å². The molecule has 1 aromatic carbocycles. The zero-order chi connectivity index (χ0) is 9.14. The summed E-state index contributed by atoms with van der Waals surface area (Å²) in [5.41, 5.74) is 0.951. The van der Waals surface area contributed by atoms with Gasteiger partial charge in [-0.1, -0.05) is 11.6 Å². The first-order valence-corrected chi connectivity index (χ1v) is 5.26. The minimum atomic E-state index is 0.419. The molecule has 1 aromatic rings. The van der Waals surface area contributed by atoms with E-state index in [2.05, 4.69) is 22.6 Å². The lowest BCUT2D eigenvalue weighted by molar-refractivity contribution is 0.411. The van der Waals surface area contributed by atoms with Crippen LogP contribution in [-0.4, -0.2) is 7.11 Å². The first-order chi connectivity index (χ1) is 5.70. The van der Waals surface area contributed by atoms with Gasteiger partial charge in [-0.05, 0) is 34.7 Å². The maximum Gasteiger partial charge on any atom is 0.142 e. The van der Waals surface area contributed by atoms with Crippen molar-refractivity contribution >= 4 is 45.8 Å². The van der Waals surface area contributed by atoms with E-state index in [-0.39, 0.29) is 0 Å². The molecule has 0 aliphatic carbocycles. The van der Waals surface area contributed by atoms with Crippen molar-refractivity contribution in [2.24, 2.45) is 0 Å². The highest BCUT2D eigenvalue weighted by atomic mass is 127. The molecule has 1 rings (SSSR count). The van der Waals surface area contributed by atoms with Crippen molar-refractivity contribution in [1.29, 1.82) is 0 Å². The molecule has 0 bridgehead atoms. The zero-order valence-corrected chi connectivity index (χ0v) is 10.1. The number of methoxy groups -OCH3 is 1. The van der Waals surface area contributed by atoms with E-state index in [1.807, 2.05) is 6.07 Å². The summed E-state index contributed by atoms with van der Waals surface area (Å²) in [5.74, 6) is 1.10. The molecule has 4 heteroatoms.